The average Bonchev–Trinajstić information content (AvgIpc) is 3.33. The van der Waals surface area contributed by atoms with Crippen LogP contribution >= 0.6 is 11.8 Å². The summed E-state index contributed by atoms with van der Waals surface area (Å²) in [7, 11) is 0. The molecule has 0 saturated heterocycles. The number of aryl methyl sites for hydroxylation is 2. The first-order valence-corrected chi connectivity index (χ1v) is 11.1. The number of carbonyl (C=O) groups is 1. The summed E-state index contributed by atoms with van der Waals surface area (Å²) in [5.74, 6) is 1.91. The van der Waals surface area contributed by atoms with Gasteiger partial charge in [-0.2, -0.15) is 0 Å². The van der Waals surface area contributed by atoms with Crippen molar-refractivity contribution in [1.29, 1.82) is 0 Å². The van der Waals surface area contributed by atoms with Gasteiger partial charge in [0.25, 0.3) is 0 Å². The Morgan fingerprint density at radius 3 is 2.63 bits per heavy atom. The Morgan fingerprint density at radius 1 is 1.23 bits per heavy atom. The molecule has 0 aliphatic heterocycles. The highest BCUT2D eigenvalue weighted by Gasteiger charge is 2.19. The molecule has 2 aromatic heterocycles. The standard InChI is InChI=1S/C23H28N4O2S/c1-5-12-26(15-19-9-7-17(3)8-10-19)21(28)16-30-23-25-24-22(27(23)13-6-2)20-11-14-29-18(20)4/h6-11,14H,2,5,12-13,15-16H2,1,3-4H3. The molecule has 158 valence electrons. The molecule has 6 nitrogen and oxygen atoms in total. The lowest BCUT2D eigenvalue weighted by Gasteiger charge is -2.22. The van der Waals surface area contributed by atoms with Crippen LogP contribution in [0, 0.1) is 13.8 Å². The number of carbonyl (C=O) groups excluding carboxylic acids is 1. The van der Waals surface area contributed by atoms with Gasteiger partial charge in [0.2, 0.25) is 5.91 Å². The molecule has 0 atom stereocenters. The van der Waals surface area contributed by atoms with E-state index in [2.05, 4.69) is 54.9 Å². The molecule has 0 aliphatic rings. The van der Waals surface area contributed by atoms with Crippen LogP contribution in [0.1, 0.15) is 30.2 Å². The van der Waals surface area contributed by atoms with E-state index >= 15 is 0 Å². The van der Waals surface area contributed by atoms with Crippen molar-refractivity contribution in [2.75, 3.05) is 12.3 Å². The second-order valence-electron chi connectivity index (χ2n) is 7.19. The first-order chi connectivity index (χ1) is 14.5. The first-order valence-electron chi connectivity index (χ1n) is 10.1. The molecule has 0 saturated carbocycles. The maximum absolute atomic E-state index is 12.9. The maximum Gasteiger partial charge on any atom is 0.233 e. The van der Waals surface area contributed by atoms with Gasteiger partial charge in [0.1, 0.15) is 5.76 Å². The van der Waals surface area contributed by atoms with E-state index in [1.807, 2.05) is 22.5 Å². The van der Waals surface area contributed by atoms with Crippen LogP contribution in [0.3, 0.4) is 0 Å². The Balaban J connectivity index is 1.72. The van der Waals surface area contributed by atoms with E-state index in [1.54, 1.807) is 12.3 Å². The van der Waals surface area contributed by atoms with Crippen LogP contribution in [0.5, 0.6) is 0 Å². The minimum atomic E-state index is 0.0941. The Bertz CT molecular complexity index is 991. The minimum absolute atomic E-state index is 0.0941. The van der Waals surface area contributed by atoms with Gasteiger partial charge in [-0.3, -0.25) is 9.36 Å². The fourth-order valence-corrected chi connectivity index (χ4v) is 4.05. The number of rotatable bonds is 10. The number of benzene rings is 1. The van der Waals surface area contributed by atoms with E-state index in [9.17, 15) is 4.79 Å². The van der Waals surface area contributed by atoms with E-state index in [-0.39, 0.29) is 5.91 Å². The van der Waals surface area contributed by atoms with E-state index in [1.165, 1.54) is 17.3 Å². The molecule has 0 fully saturated rings. The van der Waals surface area contributed by atoms with Crippen LogP contribution in [-0.4, -0.2) is 37.9 Å². The number of allylic oxidation sites excluding steroid dienone is 1. The predicted octanol–water partition coefficient (Wildman–Crippen LogP) is 4.87. The fourth-order valence-electron chi connectivity index (χ4n) is 3.20. The molecule has 3 rings (SSSR count). The third-order valence-electron chi connectivity index (χ3n) is 4.79. The van der Waals surface area contributed by atoms with Crippen molar-refractivity contribution in [2.24, 2.45) is 0 Å². The largest absolute Gasteiger partial charge is 0.469 e. The van der Waals surface area contributed by atoms with Gasteiger partial charge < -0.3 is 9.32 Å². The molecule has 1 amide bonds. The van der Waals surface area contributed by atoms with Crippen LogP contribution in [0.2, 0.25) is 0 Å². The molecule has 30 heavy (non-hydrogen) atoms. The van der Waals surface area contributed by atoms with E-state index in [0.29, 0.717) is 24.0 Å². The quantitative estimate of drug-likeness (QED) is 0.343. The van der Waals surface area contributed by atoms with Gasteiger partial charge in [-0.15, -0.1) is 16.8 Å². The second-order valence-corrected chi connectivity index (χ2v) is 8.13. The SMILES string of the molecule is C=CCn1c(SCC(=O)N(CCC)Cc2ccc(C)cc2)nnc1-c1ccoc1C. The van der Waals surface area contributed by atoms with Crippen LogP contribution in [0.15, 0.2) is 58.8 Å². The van der Waals surface area contributed by atoms with Crippen LogP contribution in [-0.2, 0) is 17.9 Å². The third kappa shape index (κ3) is 5.21. The van der Waals surface area contributed by atoms with Gasteiger partial charge in [0.05, 0.1) is 17.6 Å². The predicted molar refractivity (Wildman–Crippen MR) is 120 cm³/mol. The molecule has 7 heteroatoms. The number of aromatic nitrogens is 3. The molecule has 2 heterocycles. The summed E-state index contributed by atoms with van der Waals surface area (Å²) in [5, 5.41) is 9.35. The van der Waals surface area contributed by atoms with E-state index in [4.69, 9.17) is 4.42 Å². The normalized spacial score (nSPS) is 10.9. The van der Waals surface area contributed by atoms with Gasteiger partial charge in [-0.1, -0.05) is 54.6 Å². The number of hydrogen-bond acceptors (Lipinski definition) is 5. The third-order valence-corrected chi connectivity index (χ3v) is 5.74. The van der Waals surface area contributed by atoms with E-state index in [0.717, 1.165) is 35.7 Å². The summed E-state index contributed by atoms with van der Waals surface area (Å²) in [5.41, 5.74) is 3.25. The molecule has 0 unspecified atom stereocenters. The van der Waals surface area contributed by atoms with Crippen molar-refractivity contribution < 1.29 is 9.21 Å². The molecule has 0 N–H and O–H groups in total. The summed E-state index contributed by atoms with van der Waals surface area (Å²) >= 11 is 1.41. The van der Waals surface area contributed by atoms with Crippen molar-refractivity contribution in [3.63, 3.8) is 0 Å². The van der Waals surface area contributed by atoms with Crippen molar-refractivity contribution in [2.45, 2.75) is 45.4 Å². The van der Waals surface area contributed by atoms with E-state index < -0.39 is 0 Å². The number of amides is 1. The molecule has 3 aromatic rings. The Labute approximate surface area is 182 Å². The Hall–Kier alpha value is -2.80. The molecular formula is C23H28N4O2S. The summed E-state index contributed by atoms with van der Waals surface area (Å²) in [6, 6.07) is 10.2. The number of hydrogen-bond donors (Lipinski definition) is 0. The van der Waals surface area contributed by atoms with Crippen molar-refractivity contribution >= 4 is 17.7 Å². The molecule has 0 radical (unpaired) electrons. The number of furan rings is 1. The maximum atomic E-state index is 12.9. The van der Waals surface area contributed by atoms with Gasteiger partial charge in [0.15, 0.2) is 11.0 Å². The number of nitrogens with zero attached hydrogens (tertiary/aromatic N) is 4. The lowest BCUT2D eigenvalue weighted by molar-refractivity contribution is -0.129. The fraction of sp³-hybridized carbons (Fsp3) is 0.348. The second kappa shape index (κ2) is 10.3. The molecular weight excluding hydrogens is 396 g/mol. The van der Waals surface area contributed by atoms with Crippen molar-refractivity contribution in [3.05, 3.63) is 66.1 Å². The molecule has 0 bridgehead atoms. The summed E-state index contributed by atoms with van der Waals surface area (Å²) in [6.07, 6.45) is 4.36. The van der Waals surface area contributed by atoms with Gasteiger partial charge in [0, 0.05) is 19.6 Å². The summed E-state index contributed by atoms with van der Waals surface area (Å²) in [6.45, 7) is 11.8. The zero-order valence-electron chi connectivity index (χ0n) is 17.8. The molecule has 0 spiro atoms. The first kappa shape index (κ1) is 21.9. The topological polar surface area (TPSA) is 64.2 Å². The highest BCUT2D eigenvalue weighted by atomic mass is 32.2. The molecule has 1 aromatic carbocycles. The summed E-state index contributed by atoms with van der Waals surface area (Å²) < 4.78 is 7.37. The Morgan fingerprint density at radius 2 is 2.00 bits per heavy atom. The highest BCUT2D eigenvalue weighted by molar-refractivity contribution is 7.99. The Kier molecular flexibility index (Phi) is 7.52. The van der Waals surface area contributed by atoms with Crippen LogP contribution < -0.4 is 0 Å². The van der Waals surface area contributed by atoms with Crippen molar-refractivity contribution in [3.8, 4) is 11.4 Å². The number of thioether (sulfide) groups is 1. The monoisotopic (exact) mass is 424 g/mol. The smallest absolute Gasteiger partial charge is 0.233 e. The van der Waals surface area contributed by atoms with Crippen molar-refractivity contribution in [1.82, 2.24) is 19.7 Å². The summed E-state index contributed by atoms with van der Waals surface area (Å²) in [4.78, 5) is 14.9. The van der Waals surface area contributed by atoms with Gasteiger partial charge >= 0.3 is 0 Å². The van der Waals surface area contributed by atoms with Gasteiger partial charge in [-0.25, -0.2) is 0 Å². The highest BCUT2D eigenvalue weighted by Crippen LogP contribution is 2.27. The lowest BCUT2D eigenvalue weighted by atomic mass is 10.1. The zero-order valence-corrected chi connectivity index (χ0v) is 18.6. The molecule has 0 aliphatic carbocycles. The van der Waals surface area contributed by atoms with Crippen LogP contribution in [0.4, 0.5) is 0 Å². The average molecular weight is 425 g/mol. The van der Waals surface area contributed by atoms with Gasteiger partial charge in [-0.05, 0) is 31.9 Å². The minimum Gasteiger partial charge on any atom is -0.469 e. The van der Waals surface area contributed by atoms with Crippen LogP contribution in [0.25, 0.3) is 11.4 Å². The lowest BCUT2D eigenvalue weighted by Crippen LogP contribution is -2.32. The zero-order chi connectivity index (χ0) is 21.5.